The highest BCUT2D eigenvalue weighted by molar-refractivity contribution is 5.91. The number of methoxy groups -OCH3 is 2. The van der Waals surface area contributed by atoms with Gasteiger partial charge in [-0.05, 0) is 36.1 Å². The number of piperazine rings is 1. The summed E-state index contributed by atoms with van der Waals surface area (Å²) in [6.07, 6.45) is 0. The first kappa shape index (κ1) is 27.1. The molecule has 0 spiro atoms. The van der Waals surface area contributed by atoms with Gasteiger partial charge in [0.2, 0.25) is 5.95 Å². The van der Waals surface area contributed by atoms with E-state index in [4.69, 9.17) is 24.9 Å². The Bertz CT molecular complexity index is 1230. The van der Waals surface area contributed by atoms with Crippen molar-refractivity contribution >= 4 is 41.0 Å². The summed E-state index contributed by atoms with van der Waals surface area (Å²) >= 11 is 0. The van der Waals surface area contributed by atoms with Gasteiger partial charge in [0, 0.05) is 37.6 Å². The first-order valence-electron chi connectivity index (χ1n) is 11.8. The number of nitrogens with two attached hydrogens (primary N) is 1. The maximum Gasteiger partial charge on any atom is 0.260 e. The Kier molecular flexibility index (Phi) is 8.68. The molecule has 2 N–H and O–H groups in total. The maximum atomic E-state index is 12.8. The van der Waals surface area contributed by atoms with E-state index in [1.54, 1.807) is 26.4 Å². The molecular formula is C26H34ClN5O4. The number of fused-ring (bicyclic) bond motifs is 1. The minimum Gasteiger partial charge on any atom is -0.493 e. The van der Waals surface area contributed by atoms with E-state index in [-0.39, 0.29) is 24.9 Å². The smallest absolute Gasteiger partial charge is 0.260 e. The predicted octanol–water partition coefficient (Wildman–Crippen LogP) is 3.81. The van der Waals surface area contributed by atoms with E-state index in [2.05, 4.69) is 31.0 Å². The molecule has 1 aliphatic rings. The number of hydrogen-bond donors (Lipinski definition) is 1. The van der Waals surface area contributed by atoms with E-state index < -0.39 is 0 Å². The lowest BCUT2D eigenvalue weighted by Crippen LogP contribution is -2.50. The average molecular weight is 516 g/mol. The molecule has 194 valence electrons. The van der Waals surface area contributed by atoms with Crippen molar-refractivity contribution in [1.29, 1.82) is 0 Å². The number of halogens is 1. The largest absolute Gasteiger partial charge is 0.493 e. The first-order valence-corrected chi connectivity index (χ1v) is 11.8. The van der Waals surface area contributed by atoms with Gasteiger partial charge in [-0.2, -0.15) is 4.98 Å². The van der Waals surface area contributed by atoms with E-state index in [1.807, 2.05) is 22.8 Å². The van der Waals surface area contributed by atoms with E-state index in [0.717, 1.165) is 16.9 Å². The van der Waals surface area contributed by atoms with Crippen molar-refractivity contribution in [3.05, 3.63) is 41.5 Å². The van der Waals surface area contributed by atoms with Crippen LogP contribution < -0.4 is 24.8 Å². The van der Waals surface area contributed by atoms with Gasteiger partial charge in [-0.25, -0.2) is 4.98 Å². The summed E-state index contributed by atoms with van der Waals surface area (Å²) < 4.78 is 16.7. The number of nitrogens with zero attached hydrogens (tertiary/aromatic N) is 4. The number of aryl methyl sites for hydroxylation is 1. The van der Waals surface area contributed by atoms with Gasteiger partial charge in [0.1, 0.15) is 11.6 Å². The standard InChI is InChI=1S/C26H33N5O4.ClH/c1-16(2)18-7-6-17(3)12-21(18)35-15-24(32)30-8-10-31(11-9-30)26-28-20-14-23(34-5)22(33-4)13-19(20)25(27)29-26;/h6-7,12-14,16H,8-11,15H2,1-5H3,(H2,27,28,29);1H. The van der Waals surface area contributed by atoms with Crippen LogP contribution in [0.5, 0.6) is 17.2 Å². The second kappa shape index (κ2) is 11.5. The number of nitrogen functional groups attached to an aromatic ring is 1. The van der Waals surface area contributed by atoms with E-state index >= 15 is 0 Å². The number of amides is 1. The third kappa shape index (κ3) is 5.67. The van der Waals surface area contributed by atoms with Crippen LogP contribution in [0.15, 0.2) is 30.3 Å². The van der Waals surface area contributed by atoms with Gasteiger partial charge in [0.15, 0.2) is 18.1 Å². The molecule has 2 aromatic carbocycles. The number of carbonyl (C=O) groups excluding carboxylic acids is 1. The van der Waals surface area contributed by atoms with Crippen molar-refractivity contribution in [2.75, 3.05) is 57.6 Å². The van der Waals surface area contributed by atoms with Crippen LogP contribution in [-0.2, 0) is 4.79 Å². The van der Waals surface area contributed by atoms with Gasteiger partial charge in [-0.1, -0.05) is 26.0 Å². The normalized spacial score (nSPS) is 13.5. The molecule has 9 nitrogen and oxygen atoms in total. The summed E-state index contributed by atoms with van der Waals surface area (Å²) in [7, 11) is 3.16. The number of rotatable bonds is 7. The van der Waals surface area contributed by atoms with E-state index in [1.165, 1.54) is 0 Å². The zero-order valence-corrected chi connectivity index (χ0v) is 22.2. The zero-order valence-electron chi connectivity index (χ0n) is 21.4. The van der Waals surface area contributed by atoms with Gasteiger partial charge in [0.25, 0.3) is 5.91 Å². The summed E-state index contributed by atoms with van der Waals surface area (Å²) in [5.74, 6) is 3.12. The first-order chi connectivity index (χ1) is 16.8. The molecule has 0 aliphatic carbocycles. The molecule has 1 fully saturated rings. The van der Waals surface area contributed by atoms with Crippen LogP contribution in [0.2, 0.25) is 0 Å². The predicted molar refractivity (Wildman–Crippen MR) is 144 cm³/mol. The molecule has 0 bridgehead atoms. The lowest BCUT2D eigenvalue weighted by molar-refractivity contribution is -0.133. The number of anilines is 2. The van der Waals surface area contributed by atoms with Gasteiger partial charge >= 0.3 is 0 Å². The fourth-order valence-corrected chi connectivity index (χ4v) is 4.24. The summed E-state index contributed by atoms with van der Waals surface area (Å²) in [5.41, 5.74) is 9.13. The Labute approximate surface area is 217 Å². The molecule has 1 amide bonds. The molecule has 0 unspecified atom stereocenters. The quantitative estimate of drug-likeness (QED) is 0.506. The summed E-state index contributed by atoms with van der Waals surface area (Å²) in [4.78, 5) is 25.9. The maximum absolute atomic E-state index is 12.8. The van der Waals surface area contributed by atoms with Crippen molar-refractivity contribution in [2.45, 2.75) is 26.7 Å². The number of carbonyl (C=O) groups is 1. The van der Waals surface area contributed by atoms with Crippen LogP contribution in [0.1, 0.15) is 30.9 Å². The van der Waals surface area contributed by atoms with Gasteiger partial charge in [0.05, 0.1) is 19.7 Å². The van der Waals surface area contributed by atoms with Crippen molar-refractivity contribution in [2.24, 2.45) is 0 Å². The van der Waals surface area contributed by atoms with Crippen LogP contribution >= 0.6 is 12.4 Å². The fourth-order valence-electron chi connectivity index (χ4n) is 4.24. The molecule has 4 rings (SSSR count). The number of ether oxygens (including phenoxy) is 3. The minimum absolute atomic E-state index is 0. The van der Waals surface area contributed by atoms with Crippen molar-refractivity contribution in [3.8, 4) is 17.2 Å². The van der Waals surface area contributed by atoms with Crippen LogP contribution in [0.4, 0.5) is 11.8 Å². The molecule has 36 heavy (non-hydrogen) atoms. The van der Waals surface area contributed by atoms with Crippen LogP contribution in [0.3, 0.4) is 0 Å². The molecular weight excluding hydrogens is 482 g/mol. The number of hydrogen-bond acceptors (Lipinski definition) is 8. The molecule has 2 heterocycles. The fraction of sp³-hybridized carbons (Fsp3) is 0.423. The van der Waals surface area contributed by atoms with Crippen molar-refractivity contribution in [3.63, 3.8) is 0 Å². The lowest BCUT2D eigenvalue weighted by Gasteiger charge is -2.34. The molecule has 3 aromatic rings. The van der Waals surface area contributed by atoms with E-state index in [9.17, 15) is 4.79 Å². The Balaban J connectivity index is 0.00000361. The molecule has 1 aliphatic heterocycles. The minimum atomic E-state index is -0.0309. The Hall–Kier alpha value is -3.46. The Morgan fingerprint density at radius 2 is 1.67 bits per heavy atom. The summed E-state index contributed by atoms with van der Waals surface area (Å²) in [6, 6.07) is 9.70. The van der Waals surface area contributed by atoms with Gasteiger partial charge in [-0.3, -0.25) is 4.79 Å². The van der Waals surface area contributed by atoms with Crippen molar-refractivity contribution < 1.29 is 19.0 Å². The summed E-state index contributed by atoms with van der Waals surface area (Å²) in [5, 5.41) is 0.703. The highest BCUT2D eigenvalue weighted by Gasteiger charge is 2.24. The average Bonchev–Trinajstić information content (AvgIpc) is 2.86. The molecule has 1 saturated heterocycles. The highest BCUT2D eigenvalue weighted by atomic mass is 35.5. The second-order valence-corrected chi connectivity index (χ2v) is 8.99. The number of aromatic nitrogens is 2. The molecule has 0 atom stereocenters. The monoisotopic (exact) mass is 515 g/mol. The Morgan fingerprint density at radius 1 is 1.00 bits per heavy atom. The third-order valence-corrected chi connectivity index (χ3v) is 6.28. The molecule has 1 aromatic heterocycles. The molecule has 0 radical (unpaired) electrons. The summed E-state index contributed by atoms with van der Waals surface area (Å²) in [6.45, 7) is 8.59. The number of benzene rings is 2. The third-order valence-electron chi connectivity index (χ3n) is 6.28. The van der Waals surface area contributed by atoms with Gasteiger partial charge < -0.3 is 29.7 Å². The SMILES string of the molecule is COc1cc2nc(N3CCN(C(=O)COc4cc(C)ccc4C(C)C)CC3)nc(N)c2cc1OC.Cl. The van der Waals surface area contributed by atoms with Crippen LogP contribution in [0.25, 0.3) is 10.9 Å². The lowest BCUT2D eigenvalue weighted by atomic mass is 10.0. The Morgan fingerprint density at radius 3 is 2.31 bits per heavy atom. The van der Waals surface area contributed by atoms with Gasteiger partial charge in [-0.15, -0.1) is 12.4 Å². The van der Waals surface area contributed by atoms with Crippen molar-refractivity contribution in [1.82, 2.24) is 14.9 Å². The molecule has 0 saturated carbocycles. The topological polar surface area (TPSA) is 103 Å². The zero-order chi connectivity index (χ0) is 25.1. The molecule has 10 heteroatoms. The second-order valence-electron chi connectivity index (χ2n) is 8.99. The van der Waals surface area contributed by atoms with E-state index in [0.29, 0.717) is 66.3 Å². The van der Waals surface area contributed by atoms with Crippen LogP contribution in [0, 0.1) is 6.92 Å². The van der Waals surface area contributed by atoms with Crippen LogP contribution in [-0.4, -0.2) is 67.8 Å². The highest BCUT2D eigenvalue weighted by Crippen LogP contribution is 2.34.